The predicted molar refractivity (Wildman–Crippen MR) is 58.5 cm³/mol. The molecule has 1 unspecified atom stereocenters. The second-order valence-corrected chi connectivity index (χ2v) is 3.69. The van der Waals surface area contributed by atoms with Gasteiger partial charge in [0.25, 0.3) is 0 Å². The second-order valence-electron chi connectivity index (χ2n) is 3.69. The van der Waals surface area contributed by atoms with Gasteiger partial charge in [-0.15, -0.1) is 0 Å². The lowest BCUT2D eigenvalue weighted by molar-refractivity contribution is -0.108. The molecule has 0 spiro atoms. The lowest BCUT2D eigenvalue weighted by atomic mass is 9.95. The number of carbonyl (C=O) groups excluding carboxylic acids is 1. The molecule has 0 aromatic heterocycles. The van der Waals surface area contributed by atoms with Crippen molar-refractivity contribution in [2.45, 2.75) is 26.2 Å². The smallest absolute Gasteiger partial charge is 0.122 e. The molecular formula is C12H16O3. The van der Waals surface area contributed by atoms with Crippen LogP contribution < -0.4 is 4.74 Å². The molecule has 3 heteroatoms. The minimum atomic E-state index is 0.0105. The maximum Gasteiger partial charge on any atom is 0.122 e. The van der Waals surface area contributed by atoms with Crippen molar-refractivity contribution in [1.29, 1.82) is 0 Å². The maximum absolute atomic E-state index is 10.4. The predicted octanol–water partition coefficient (Wildman–Crippen LogP) is 2.40. The minimum absolute atomic E-state index is 0.0105. The highest BCUT2D eigenvalue weighted by molar-refractivity contribution is 5.54. The van der Waals surface area contributed by atoms with Crippen LogP contribution in [-0.4, -0.2) is 18.5 Å². The van der Waals surface area contributed by atoms with Crippen molar-refractivity contribution in [2.75, 3.05) is 7.11 Å². The van der Waals surface area contributed by atoms with Crippen molar-refractivity contribution in [1.82, 2.24) is 0 Å². The Hall–Kier alpha value is -1.51. The molecule has 1 rings (SSSR count). The van der Waals surface area contributed by atoms with Gasteiger partial charge >= 0.3 is 0 Å². The molecule has 1 aromatic carbocycles. The van der Waals surface area contributed by atoms with E-state index >= 15 is 0 Å². The Labute approximate surface area is 89.7 Å². The van der Waals surface area contributed by atoms with E-state index in [1.807, 2.05) is 13.8 Å². The molecule has 0 aliphatic heterocycles. The zero-order valence-corrected chi connectivity index (χ0v) is 9.28. The van der Waals surface area contributed by atoms with Gasteiger partial charge in [0.15, 0.2) is 0 Å². The first-order valence-electron chi connectivity index (χ1n) is 4.91. The number of benzene rings is 1. The first-order chi connectivity index (χ1) is 7.10. The van der Waals surface area contributed by atoms with Gasteiger partial charge in [0.2, 0.25) is 0 Å². The van der Waals surface area contributed by atoms with E-state index in [0.717, 1.165) is 17.4 Å². The highest BCUT2D eigenvalue weighted by atomic mass is 16.5. The van der Waals surface area contributed by atoms with Gasteiger partial charge in [-0.25, -0.2) is 0 Å². The van der Waals surface area contributed by atoms with Gasteiger partial charge in [-0.3, -0.25) is 0 Å². The molecule has 1 N–H and O–H groups in total. The first-order valence-corrected chi connectivity index (χ1v) is 4.91. The lowest BCUT2D eigenvalue weighted by Crippen LogP contribution is -1.97. The van der Waals surface area contributed by atoms with Gasteiger partial charge in [-0.1, -0.05) is 6.92 Å². The average molecular weight is 208 g/mol. The largest absolute Gasteiger partial charge is 0.507 e. The van der Waals surface area contributed by atoms with Gasteiger partial charge in [0.1, 0.15) is 17.8 Å². The molecule has 1 atom stereocenters. The molecule has 0 saturated carbocycles. The molecular weight excluding hydrogens is 192 g/mol. The number of carbonyl (C=O) groups is 1. The number of aryl methyl sites for hydroxylation is 1. The van der Waals surface area contributed by atoms with Crippen LogP contribution in [-0.2, 0) is 4.79 Å². The zero-order chi connectivity index (χ0) is 11.4. The number of phenolic OH excluding ortho intramolecular Hbond substituents is 1. The van der Waals surface area contributed by atoms with Crippen LogP contribution in [0.2, 0.25) is 0 Å². The van der Waals surface area contributed by atoms with E-state index in [-0.39, 0.29) is 11.7 Å². The summed E-state index contributed by atoms with van der Waals surface area (Å²) in [5, 5.41) is 9.84. The van der Waals surface area contributed by atoms with E-state index in [0.29, 0.717) is 12.2 Å². The molecule has 0 bridgehead atoms. The molecule has 0 amide bonds. The monoisotopic (exact) mass is 208 g/mol. The third-order valence-corrected chi connectivity index (χ3v) is 2.52. The number of rotatable bonds is 4. The number of aromatic hydroxyl groups is 1. The molecule has 0 fully saturated rings. The number of methoxy groups -OCH3 is 1. The van der Waals surface area contributed by atoms with Crippen molar-refractivity contribution >= 4 is 6.29 Å². The van der Waals surface area contributed by atoms with Gasteiger partial charge < -0.3 is 14.6 Å². The van der Waals surface area contributed by atoms with Gasteiger partial charge in [-0.2, -0.15) is 0 Å². The van der Waals surface area contributed by atoms with Crippen LogP contribution in [0.3, 0.4) is 0 Å². The van der Waals surface area contributed by atoms with Crippen molar-refractivity contribution in [3.8, 4) is 11.5 Å². The SMILES string of the molecule is COc1cc(C)c(O)c(C(C)CC=O)c1. The number of hydrogen-bond donors (Lipinski definition) is 1. The Morgan fingerprint density at radius 2 is 2.20 bits per heavy atom. The van der Waals surface area contributed by atoms with Crippen LogP contribution in [0, 0.1) is 6.92 Å². The van der Waals surface area contributed by atoms with Crippen LogP contribution >= 0.6 is 0 Å². The fourth-order valence-corrected chi connectivity index (χ4v) is 1.54. The number of aldehydes is 1. The lowest BCUT2D eigenvalue weighted by Gasteiger charge is -2.14. The van der Waals surface area contributed by atoms with E-state index in [2.05, 4.69) is 0 Å². The third kappa shape index (κ3) is 2.49. The summed E-state index contributed by atoms with van der Waals surface area (Å²) in [5.41, 5.74) is 1.53. The zero-order valence-electron chi connectivity index (χ0n) is 9.28. The summed E-state index contributed by atoms with van der Waals surface area (Å²) < 4.78 is 5.12. The van der Waals surface area contributed by atoms with Crippen molar-refractivity contribution in [3.63, 3.8) is 0 Å². The molecule has 0 heterocycles. The first kappa shape index (κ1) is 11.6. The molecule has 15 heavy (non-hydrogen) atoms. The van der Waals surface area contributed by atoms with Crippen molar-refractivity contribution in [3.05, 3.63) is 23.3 Å². The molecule has 0 aliphatic rings. The maximum atomic E-state index is 10.4. The Kier molecular flexibility index (Phi) is 3.72. The molecule has 0 aliphatic carbocycles. The van der Waals surface area contributed by atoms with Crippen LogP contribution in [0.1, 0.15) is 30.4 Å². The summed E-state index contributed by atoms with van der Waals surface area (Å²) in [4.78, 5) is 10.4. The number of hydrogen-bond acceptors (Lipinski definition) is 3. The Bertz CT molecular complexity index is 358. The van der Waals surface area contributed by atoms with Crippen LogP contribution in [0.25, 0.3) is 0 Å². The molecule has 82 valence electrons. The summed E-state index contributed by atoms with van der Waals surface area (Å²) in [6, 6.07) is 3.54. The average Bonchev–Trinajstić information content (AvgIpc) is 2.22. The Morgan fingerprint density at radius 1 is 1.53 bits per heavy atom. The van der Waals surface area contributed by atoms with E-state index in [1.54, 1.807) is 19.2 Å². The van der Waals surface area contributed by atoms with E-state index < -0.39 is 0 Å². The summed E-state index contributed by atoms with van der Waals surface area (Å²) in [6.45, 7) is 3.72. The van der Waals surface area contributed by atoms with Crippen molar-refractivity contribution < 1.29 is 14.6 Å². The molecule has 0 saturated heterocycles. The van der Waals surface area contributed by atoms with Crippen LogP contribution in [0.5, 0.6) is 11.5 Å². The van der Waals surface area contributed by atoms with Gasteiger partial charge in [-0.05, 0) is 30.5 Å². The quantitative estimate of drug-likeness (QED) is 0.773. The topological polar surface area (TPSA) is 46.5 Å². The highest BCUT2D eigenvalue weighted by Crippen LogP contribution is 2.33. The second kappa shape index (κ2) is 4.82. The standard InChI is InChI=1S/C12H16O3/c1-8(4-5-13)11-7-10(15-3)6-9(2)12(11)14/h5-8,14H,4H2,1-3H3. The summed E-state index contributed by atoms with van der Waals surface area (Å²) in [6.07, 6.45) is 1.26. The van der Waals surface area contributed by atoms with Gasteiger partial charge in [0.05, 0.1) is 7.11 Å². The summed E-state index contributed by atoms with van der Waals surface area (Å²) in [5.74, 6) is 0.972. The number of phenols is 1. The Balaban J connectivity index is 3.14. The molecule has 1 aromatic rings. The molecule has 0 radical (unpaired) electrons. The van der Waals surface area contributed by atoms with Crippen molar-refractivity contribution in [2.24, 2.45) is 0 Å². The van der Waals surface area contributed by atoms with Crippen LogP contribution in [0.4, 0.5) is 0 Å². The summed E-state index contributed by atoms with van der Waals surface area (Å²) >= 11 is 0. The number of ether oxygens (including phenoxy) is 1. The van der Waals surface area contributed by atoms with Crippen LogP contribution in [0.15, 0.2) is 12.1 Å². The minimum Gasteiger partial charge on any atom is -0.507 e. The molecule has 3 nitrogen and oxygen atoms in total. The van der Waals surface area contributed by atoms with E-state index in [4.69, 9.17) is 4.74 Å². The van der Waals surface area contributed by atoms with E-state index in [1.165, 1.54) is 0 Å². The van der Waals surface area contributed by atoms with Gasteiger partial charge in [0, 0.05) is 12.0 Å². The van der Waals surface area contributed by atoms with E-state index in [9.17, 15) is 9.90 Å². The Morgan fingerprint density at radius 3 is 2.73 bits per heavy atom. The third-order valence-electron chi connectivity index (χ3n) is 2.52. The summed E-state index contributed by atoms with van der Waals surface area (Å²) in [7, 11) is 1.58. The highest BCUT2D eigenvalue weighted by Gasteiger charge is 2.13. The fraction of sp³-hybridized carbons (Fsp3) is 0.417. The fourth-order valence-electron chi connectivity index (χ4n) is 1.54. The normalized spacial score (nSPS) is 12.2.